The zero-order valence-corrected chi connectivity index (χ0v) is 17.6. The maximum Gasteiger partial charge on any atom is 0.124 e. The van der Waals surface area contributed by atoms with Gasteiger partial charge in [0.15, 0.2) is 0 Å². The SMILES string of the molecule is COc1cccc(COCC2=N[C@H](c3ccccc3)[C@H](/C3=C/CCC/C=C\C3)N2)c1. The lowest BCUT2D eigenvalue weighted by Gasteiger charge is -2.23. The Balaban J connectivity index is 1.46. The van der Waals surface area contributed by atoms with Crippen LogP contribution in [0.2, 0.25) is 0 Å². The van der Waals surface area contributed by atoms with E-state index < -0.39 is 0 Å². The molecule has 4 rings (SSSR count). The molecule has 1 N–H and O–H groups in total. The zero-order chi connectivity index (χ0) is 20.6. The maximum absolute atomic E-state index is 5.99. The number of hydrogen-bond donors (Lipinski definition) is 1. The molecule has 30 heavy (non-hydrogen) atoms. The van der Waals surface area contributed by atoms with Gasteiger partial charge in [0.05, 0.1) is 19.8 Å². The van der Waals surface area contributed by atoms with E-state index >= 15 is 0 Å². The Morgan fingerprint density at radius 2 is 1.90 bits per heavy atom. The molecule has 0 amide bonds. The van der Waals surface area contributed by atoms with Gasteiger partial charge in [-0.2, -0.15) is 0 Å². The van der Waals surface area contributed by atoms with Gasteiger partial charge < -0.3 is 14.8 Å². The van der Waals surface area contributed by atoms with E-state index in [2.05, 4.69) is 53.9 Å². The maximum atomic E-state index is 5.99. The molecular weight excluding hydrogens is 372 g/mol. The van der Waals surface area contributed by atoms with Crippen LogP contribution in [-0.2, 0) is 11.3 Å². The summed E-state index contributed by atoms with van der Waals surface area (Å²) >= 11 is 0. The fraction of sp³-hybridized carbons (Fsp3) is 0.346. The summed E-state index contributed by atoms with van der Waals surface area (Å²) in [6, 6.07) is 18.8. The van der Waals surface area contributed by atoms with Crippen LogP contribution in [0.25, 0.3) is 0 Å². The van der Waals surface area contributed by atoms with Crippen molar-refractivity contribution in [3.8, 4) is 5.75 Å². The van der Waals surface area contributed by atoms with E-state index in [0.717, 1.165) is 30.0 Å². The van der Waals surface area contributed by atoms with Crippen LogP contribution in [0.3, 0.4) is 0 Å². The number of nitrogens with one attached hydrogen (secondary N) is 1. The average Bonchev–Trinajstić information content (AvgIpc) is 3.18. The van der Waals surface area contributed by atoms with Crippen LogP contribution in [0.4, 0.5) is 0 Å². The first kappa shape index (κ1) is 20.4. The quantitative estimate of drug-likeness (QED) is 0.632. The van der Waals surface area contributed by atoms with E-state index in [-0.39, 0.29) is 12.1 Å². The Morgan fingerprint density at radius 3 is 2.77 bits per heavy atom. The minimum atomic E-state index is 0.0840. The Bertz CT molecular complexity index is 918. The molecule has 0 radical (unpaired) electrons. The monoisotopic (exact) mass is 402 g/mol. The molecule has 1 aliphatic heterocycles. The van der Waals surface area contributed by atoms with Crippen molar-refractivity contribution < 1.29 is 9.47 Å². The molecule has 1 heterocycles. The van der Waals surface area contributed by atoms with Crippen molar-refractivity contribution in [1.82, 2.24) is 5.32 Å². The van der Waals surface area contributed by atoms with Crippen molar-refractivity contribution in [3.05, 3.63) is 89.5 Å². The number of rotatable bonds is 7. The lowest BCUT2D eigenvalue weighted by molar-refractivity contribution is 0.156. The minimum Gasteiger partial charge on any atom is -0.497 e. The number of nitrogens with zero attached hydrogens (tertiary/aromatic N) is 1. The van der Waals surface area contributed by atoms with Crippen LogP contribution in [-0.4, -0.2) is 25.6 Å². The summed E-state index contributed by atoms with van der Waals surface area (Å²) in [6.45, 7) is 1.00. The van der Waals surface area contributed by atoms with E-state index in [1.165, 1.54) is 24.0 Å². The van der Waals surface area contributed by atoms with Gasteiger partial charge in [0.2, 0.25) is 0 Å². The van der Waals surface area contributed by atoms with Gasteiger partial charge >= 0.3 is 0 Å². The smallest absolute Gasteiger partial charge is 0.124 e. The zero-order valence-electron chi connectivity index (χ0n) is 17.6. The molecule has 1 aliphatic carbocycles. The third-order valence-corrected chi connectivity index (χ3v) is 5.62. The topological polar surface area (TPSA) is 42.9 Å². The standard InChI is InChI=1S/C26H30N2O2/c1-29-23-16-10-11-20(17-23)18-30-19-24-27-25(21-12-6-3-2-4-7-13-21)26(28-24)22-14-8-5-9-15-22/h3,5-6,8-11,13-17,25-26H,2,4,7,12,18-19H2,1H3,(H,27,28)/b6-3-,21-13+/t25-,26+/m0/s1. The molecule has 0 bridgehead atoms. The Hall–Kier alpha value is -2.85. The van der Waals surface area contributed by atoms with Crippen LogP contribution in [0.15, 0.2) is 83.4 Å². The molecule has 2 aliphatic rings. The minimum absolute atomic E-state index is 0.0840. The Labute approximate surface area is 179 Å². The second-order valence-corrected chi connectivity index (χ2v) is 7.78. The molecule has 2 aromatic rings. The summed E-state index contributed by atoms with van der Waals surface area (Å²) in [7, 11) is 1.68. The van der Waals surface area contributed by atoms with Crippen molar-refractivity contribution in [2.75, 3.05) is 13.7 Å². The summed E-state index contributed by atoms with van der Waals surface area (Å²) in [6.07, 6.45) is 11.5. The van der Waals surface area contributed by atoms with Crippen LogP contribution >= 0.6 is 0 Å². The van der Waals surface area contributed by atoms with Crippen molar-refractivity contribution in [2.24, 2.45) is 4.99 Å². The molecule has 156 valence electrons. The van der Waals surface area contributed by atoms with Gasteiger partial charge in [-0.05, 0) is 54.5 Å². The number of methoxy groups -OCH3 is 1. The lowest BCUT2D eigenvalue weighted by Crippen LogP contribution is -2.35. The largest absolute Gasteiger partial charge is 0.497 e. The molecule has 2 aromatic carbocycles. The number of ether oxygens (including phenoxy) is 2. The van der Waals surface area contributed by atoms with Crippen molar-refractivity contribution in [3.63, 3.8) is 0 Å². The predicted molar refractivity (Wildman–Crippen MR) is 122 cm³/mol. The third-order valence-electron chi connectivity index (χ3n) is 5.62. The van der Waals surface area contributed by atoms with Crippen molar-refractivity contribution >= 4 is 5.84 Å². The summed E-state index contributed by atoms with van der Waals surface area (Å²) in [5.74, 6) is 1.77. The average molecular weight is 403 g/mol. The first-order chi connectivity index (χ1) is 14.8. The lowest BCUT2D eigenvalue weighted by atomic mass is 9.91. The fourth-order valence-electron chi connectivity index (χ4n) is 4.06. The number of amidine groups is 1. The van der Waals surface area contributed by atoms with Crippen molar-refractivity contribution in [1.29, 1.82) is 0 Å². The van der Waals surface area contributed by atoms with Gasteiger partial charge in [0, 0.05) is 0 Å². The molecule has 0 saturated heterocycles. The second kappa shape index (κ2) is 10.3. The molecule has 4 heteroatoms. The van der Waals surface area contributed by atoms with Gasteiger partial charge in [-0.15, -0.1) is 0 Å². The third kappa shape index (κ3) is 5.19. The first-order valence-electron chi connectivity index (χ1n) is 10.8. The van der Waals surface area contributed by atoms with Gasteiger partial charge in [-0.3, -0.25) is 4.99 Å². The van der Waals surface area contributed by atoms with E-state index in [4.69, 9.17) is 14.5 Å². The van der Waals surface area contributed by atoms with Gasteiger partial charge in [-0.25, -0.2) is 0 Å². The van der Waals surface area contributed by atoms with E-state index in [9.17, 15) is 0 Å². The van der Waals surface area contributed by atoms with Crippen LogP contribution < -0.4 is 10.1 Å². The highest BCUT2D eigenvalue weighted by Gasteiger charge is 2.32. The number of aliphatic imine (C=N–C) groups is 1. The van der Waals surface area contributed by atoms with Crippen LogP contribution in [0.5, 0.6) is 5.75 Å². The fourth-order valence-corrected chi connectivity index (χ4v) is 4.06. The highest BCUT2D eigenvalue weighted by molar-refractivity contribution is 5.86. The van der Waals surface area contributed by atoms with E-state index in [1.807, 2.05) is 24.3 Å². The summed E-state index contributed by atoms with van der Waals surface area (Å²) in [4.78, 5) is 5.02. The molecule has 0 fully saturated rings. The molecule has 0 saturated carbocycles. The summed E-state index contributed by atoms with van der Waals surface area (Å²) < 4.78 is 11.3. The van der Waals surface area contributed by atoms with E-state index in [1.54, 1.807) is 7.11 Å². The molecule has 0 spiro atoms. The van der Waals surface area contributed by atoms with Crippen molar-refractivity contribution in [2.45, 2.75) is 44.4 Å². The van der Waals surface area contributed by atoms with Gasteiger partial charge in [0.25, 0.3) is 0 Å². The summed E-state index contributed by atoms with van der Waals surface area (Å²) in [5.41, 5.74) is 3.76. The molecule has 2 atom stereocenters. The van der Waals surface area contributed by atoms with Gasteiger partial charge in [0.1, 0.15) is 24.2 Å². The summed E-state index contributed by atoms with van der Waals surface area (Å²) in [5, 5.41) is 3.66. The second-order valence-electron chi connectivity index (χ2n) is 7.78. The Morgan fingerprint density at radius 1 is 1.00 bits per heavy atom. The normalized spacial score (nSPS) is 24.0. The molecule has 0 aromatic heterocycles. The van der Waals surface area contributed by atoms with Crippen LogP contribution in [0.1, 0.15) is 42.9 Å². The molecule has 4 nitrogen and oxygen atoms in total. The first-order valence-corrected chi connectivity index (χ1v) is 10.8. The molecule has 0 unspecified atom stereocenters. The molecular formula is C26H30N2O2. The highest BCUT2D eigenvalue weighted by Crippen LogP contribution is 2.32. The van der Waals surface area contributed by atoms with Gasteiger partial charge in [-0.1, -0.05) is 60.7 Å². The number of allylic oxidation sites excluding steroid dienone is 3. The Kier molecular flexibility index (Phi) is 6.99. The predicted octanol–water partition coefficient (Wildman–Crippen LogP) is 5.38. The number of hydrogen-bond acceptors (Lipinski definition) is 4. The van der Waals surface area contributed by atoms with Crippen LogP contribution in [0, 0.1) is 0 Å². The number of benzene rings is 2. The highest BCUT2D eigenvalue weighted by atomic mass is 16.5. The van der Waals surface area contributed by atoms with E-state index in [0.29, 0.717) is 13.2 Å².